The number of rotatable bonds is 5. The average molecular weight is 472 g/mol. The second-order valence-corrected chi connectivity index (χ2v) is 8.04. The number of halogens is 1. The van der Waals surface area contributed by atoms with Crippen molar-refractivity contribution in [2.75, 3.05) is 0 Å². The van der Waals surface area contributed by atoms with E-state index in [4.69, 9.17) is 15.5 Å². The third-order valence-corrected chi connectivity index (χ3v) is 5.69. The highest BCUT2D eigenvalue weighted by molar-refractivity contribution is 9.10. The molecule has 0 spiro atoms. The summed E-state index contributed by atoms with van der Waals surface area (Å²) in [5, 5.41) is 0. The van der Waals surface area contributed by atoms with Gasteiger partial charge in [-0.15, -0.1) is 0 Å². The molecule has 1 unspecified atom stereocenters. The van der Waals surface area contributed by atoms with Crippen LogP contribution in [0.5, 0.6) is 5.88 Å². The Hall–Kier alpha value is -3.58. The lowest BCUT2D eigenvalue weighted by Gasteiger charge is -2.28. The number of aliphatic imine (C=N–C) groups is 1. The lowest BCUT2D eigenvalue weighted by molar-refractivity contribution is 0.293. The molecule has 2 aromatic carbocycles. The van der Waals surface area contributed by atoms with Gasteiger partial charge in [-0.2, -0.15) is 0 Å². The molecule has 0 aliphatic carbocycles. The van der Waals surface area contributed by atoms with Crippen LogP contribution in [-0.4, -0.2) is 20.8 Å². The summed E-state index contributed by atoms with van der Waals surface area (Å²) < 4.78 is 6.91. The summed E-state index contributed by atoms with van der Waals surface area (Å²) >= 11 is 3.57. The highest BCUT2D eigenvalue weighted by Gasteiger charge is 2.45. The Morgan fingerprint density at radius 1 is 0.839 bits per heavy atom. The second-order valence-electron chi connectivity index (χ2n) is 7.13. The van der Waals surface area contributed by atoms with E-state index in [-0.39, 0.29) is 0 Å². The van der Waals surface area contributed by atoms with E-state index in [0.29, 0.717) is 29.7 Å². The smallest absolute Gasteiger partial charge is 0.213 e. The van der Waals surface area contributed by atoms with E-state index < -0.39 is 5.54 Å². The summed E-state index contributed by atoms with van der Waals surface area (Å²) in [4.78, 5) is 18.4. The zero-order valence-corrected chi connectivity index (χ0v) is 18.0. The van der Waals surface area contributed by atoms with Gasteiger partial charge in [0.2, 0.25) is 5.88 Å². The van der Waals surface area contributed by atoms with Gasteiger partial charge in [-0.3, -0.25) is 4.98 Å². The second kappa shape index (κ2) is 7.92. The fourth-order valence-electron chi connectivity index (χ4n) is 3.80. The summed E-state index contributed by atoms with van der Waals surface area (Å²) in [6, 6.07) is 21.7. The molecular formula is C24H18BrN5O. The zero-order chi connectivity index (χ0) is 21.3. The van der Waals surface area contributed by atoms with Gasteiger partial charge in [0, 0.05) is 29.1 Å². The van der Waals surface area contributed by atoms with Crippen molar-refractivity contribution in [3.05, 3.63) is 118 Å². The molecule has 152 valence electrons. The molecule has 1 aliphatic rings. The molecule has 7 heteroatoms. The molecule has 31 heavy (non-hydrogen) atoms. The van der Waals surface area contributed by atoms with E-state index in [1.165, 1.54) is 0 Å². The van der Waals surface area contributed by atoms with Gasteiger partial charge in [-0.1, -0.05) is 58.4 Å². The maximum Gasteiger partial charge on any atom is 0.213 e. The van der Waals surface area contributed by atoms with Gasteiger partial charge in [-0.25, -0.2) is 15.0 Å². The van der Waals surface area contributed by atoms with Crippen molar-refractivity contribution in [1.29, 1.82) is 0 Å². The van der Waals surface area contributed by atoms with Crippen molar-refractivity contribution in [2.24, 2.45) is 10.7 Å². The van der Waals surface area contributed by atoms with Crippen LogP contribution in [0.3, 0.4) is 0 Å². The van der Waals surface area contributed by atoms with Crippen LogP contribution in [0.4, 0.5) is 0 Å². The third-order valence-electron chi connectivity index (χ3n) is 5.20. The van der Waals surface area contributed by atoms with Crippen molar-refractivity contribution in [3.8, 4) is 5.88 Å². The van der Waals surface area contributed by atoms with Gasteiger partial charge < -0.3 is 10.5 Å². The minimum atomic E-state index is -0.939. The van der Waals surface area contributed by atoms with E-state index in [1.54, 1.807) is 18.6 Å². The van der Waals surface area contributed by atoms with Crippen LogP contribution >= 0.6 is 15.9 Å². The van der Waals surface area contributed by atoms with Gasteiger partial charge in [0.1, 0.15) is 23.8 Å². The minimum Gasteiger partial charge on any atom is -0.473 e. The topological polar surface area (TPSA) is 86.3 Å². The van der Waals surface area contributed by atoms with Crippen LogP contribution in [0.2, 0.25) is 0 Å². The minimum absolute atomic E-state index is 0.353. The molecule has 0 amide bonds. The Balaban J connectivity index is 1.63. The Bertz CT molecular complexity index is 1280. The molecule has 4 aromatic rings. The van der Waals surface area contributed by atoms with Crippen LogP contribution in [-0.2, 0) is 12.1 Å². The van der Waals surface area contributed by atoms with Gasteiger partial charge in [0.25, 0.3) is 0 Å². The molecule has 1 aliphatic heterocycles. The predicted octanol–water partition coefficient (Wildman–Crippen LogP) is 4.22. The van der Waals surface area contributed by atoms with E-state index in [2.05, 4.69) is 30.9 Å². The largest absolute Gasteiger partial charge is 0.473 e. The predicted molar refractivity (Wildman–Crippen MR) is 122 cm³/mol. The Morgan fingerprint density at radius 2 is 1.65 bits per heavy atom. The first-order chi connectivity index (χ1) is 15.2. The summed E-state index contributed by atoms with van der Waals surface area (Å²) in [6.07, 6.45) is 5.00. The number of aromatic nitrogens is 3. The number of hydrogen-bond acceptors (Lipinski definition) is 6. The van der Waals surface area contributed by atoms with Crippen molar-refractivity contribution in [1.82, 2.24) is 15.0 Å². The quantitative estimate of drug-likeness (QED) is 0.470. The number of benzene rings is 2. The Morgan fingerprint density at radius 3 is 2.48 bits per heavy atom. The molecule has 0 saturated carbocycles. The van der Waals surface area contributed by atoms with Gasteiger partial charge in [0.15, 0.2) is 5.54 Å². The number of nitrogens with zero attached hydrogens (tertiary/aromatic N) is 4. The van der Waals surface area contributed by atoms with Crippen LogP contribution in [0.15, 0.2) is 94.8 Å². The first kappa shape index (κ1) is 19.4. The van der Waals surface area contributed by atoms with Crippen molar-refractivity contribution < 1.29 is 4.74 Å². The Kier molecular flexibility index (Phi) is 4.95. The van der Waals surface area contributed by atoms with Crippen molar-refractivity contribution in [2.45, 2.75) is 12.1 Å². The van der Waals surface area contributed by atoms with Crippen molar-refractivity contribution >= 4 is 21.8 Å². The summed E-state index contributed by atoms with van der Waals surface area (Å²) in [7, 11) is 0. The number of nitrogens with two attached hydrogens (primary N) is 1. The molecule has 0 fully saturated rings. The number of hydrogen-bond donors (Lipinski definition) is 1. The molecular weight excluding hydrogens is 454 g/mol. The summed E-state index contributed by atoms with van der Waals surface area (Å²) in [5.74, 6) is 0.855. The average Bonchev–Trinajstić information content (AvgIpc) is 3.12. The first-order valence-corrected chi connectivity index (χ1v) is 10.5. The van der Waals surface area contributed by atoms with Gasteiger partial charge in [-0.05, 0) is 34.9 Å². The fraction of sp³-hybridized carbons (Fsp3) is 0.0833. The van der Waals surface area contributed by atoms with Gasteiger partial charge >= 0.3 is 0 Å². The molecule has 3 heterocycles. The highest BCUT2D eigenvalue weighted by atomic mass is 79.9. The lowest BCUT2D eigenvalue weighted by Crippen LogP contribution is -2.27. The number of ether oxygens (including phenoxy) is 1. The van der Waals surface area contributed by atoms with Crippen molar-refractivity contribution in [3.63, 3.8) is 0 Å². The number of amidine groups is 1. The van der Waals surface area contributed by atoms with E-state index in [9.17, 15) is 0 Å². The molecule has 2 N–H and O–H groups in total. The van der Waals surface area contributed by atoms with Crippen LogP contribution < -0.4 is 10.5 Å². The molecule has 0 saturated heterocycles. The third kappa shape index (κ3) is 3.47. The van der Waals surface area contributed by atoms with Crippen LogP contribution in [0.25, 0.3) is 0 Å². The Labute approximate surface area is 188 Å². The number of pyridine rings is 1. The highest BCUT2D eigenvalue weighted by Crippen LogP contribution is 2.45. The SMILES string of the molecule is NC1=NC(c2cccc(Br)c2)(c2ccnc(OCc3ccccc3)c2)c2nccnc21. The molecule has 2 aromatic heterocycles. The molecule has 0 bridgehead atoms. The summed E-state index contributed by atoms with van der Waals surface area (Å²) in [6.45, 7) is 0.420. The zero-order valence-electron chi connectivity index (χ0n) is 16.4. The molecule has 6 nitrogen and oxygen atoms in total. The molecule has 0 radical (unpaired) electrons. The maximum atomic E-state index is 6.30. The summed E-state index contributed by atoms with van der Waals surface area (Å²) in [5.41, 5.74) is 9.47. The molecule has 5 rings (SSSR count). The van der Waals surface area contributed by atoms with E-state index >= 15 is 0 Å². The fourth-order valence-corrected chi connectivity index (χ4v) is 4.20. The van der Waals surface area contributed by atoms with E-state index in [0.717, 1.165) is 21.2 Å². The molecule has 1 atom stereocenters. The standard InChI is InChI=1S/C24H18BrN5O/c25-19-8-4-7-17(13-19)24(22-21(23(26)30-24)28-11-12-29-22)18-9-10-27-20(14-18)31-15-16-5-2-1-3-6-16/h1-14H,15H2,(H2,26,30). The lowest BCUT2D eigenvalue weighted by atomic mass is 9.81. The monoisotopic (exact) mass is 471 g/mol. The van der Waals surface area contributed by atoms with Gasteiger partial charge in [0.05, 0.1) is 0 Å². The normalized spacial score (nSPS) is 17.1. The number of fused-ring (bicyclic) bond motifs is 1. The van der Waals surface area contributed by atoms with E-state index in [1.807, 2.05) is 66.7 Å². The van der Waals surface area contributed by atoms with Crippen LogP contribution in [0, 0.1) is 0 Å². The van der Waals surface area contributed by atoms with Crippen LogP contribution in [0.1, 0.15) is 28.1 Å². The maximum absolute atomic E-state index is 6.30. The first-order valence-electron chi connectivity index (χ1n) is 9.73.